The molecule has 0 spiro atoms. The highest BCUT2D eigenvalue weighted by Gasteiger charge is 2.43. The predicted molar refractivity (Wildman–Crippen MR) is 109 cm³/mol. The SMILES string of the molecule is O=C(NC1CS(=O)(=O)CC1N1CCCC1)C1CCCN(c2ncccc2C(F)(F)F)C1. The molecule has 172 valence electrons. The molecule has 3 atom stereocenters. The molecule has 0 saturated carbocycles. The minimum atomic E-state index is -4.53. The number of carbonyl (C=O) groups is 1. The summed E-state index contributed by atoms with van der Waals surface area (Å²) in [5.41, 5.74) is -0.813. The van der Waals surface area contributed by atoms with Crippen LogP contribution < -0.4 is 10.2 Å². The lowest BCUT2D eigenvalue weighted by molar-refractivity contribution is -0.137. The largest absolute Gasteiger partial charge is 0.419 e. The highest BCUT2D eigenvalue weighted by Crippen LogP contribution is 2.36. The smallest absolute Gasteiger partial charge is 0.355 e. The third-order valence-electron chi connectivity index (χ3n) is 6.44. The third-order valence-corrected chi connectivity index (χ3v) is 8.16. The molecule has 3 aliphatic heterocycles. The zero-order valence-corrected chi connectivity index (χ0v) is 18.0. The molecule has 4 rings (SSSR count). The summed E-state index contributed by atoms with van der Waals surface area (Å²) in [4.78, 5) is 20.6. The molecule has 11 heteroatoms. The number of halogens is 3. The van der Waals surface area contributed by atoms with Crippen LogP contribution in [0.5, 0.6) is 0 Å². The second-order valence-corrected chi connectivity index (χ2v) is 10.8. The molecular weight excluding hydrogens is 433 g/mol. The minimum absolute atomic E-state index is 0.0393. The van der Waals surface area contributed by atoms with Crippen LogP contribution in [0.2, 0.25) is 0 Å². The van der Waals surface area contributed by atoms with E-state index in [2.05, 4.69) is 15.2 Å². The number of alkyl halides is 3. The van der Waals surface area contributed by atoms with Gasteiger partial charge in [-0.25, -0.2) is 13.4 Å². The van der Waals surface area contributed by atoms with Gasteiger partial charge in [0.05, 0.1) is 29.0 Å². The molecule has 3 aliphatic rings. The maximum absolute atomic E-state index is 13.4. The van der Waals surface area contributed by atoms with E-state index in [-0.39, 0.29) is 35.8 Å². The number of rotatable bonds is 4. The highest BCUT2D eigenvalue weighted by atomic mass is 32.2. The average Bonchev–Trinajstić information content (AvgIpc) is 3.35. The van der Waals surface area contributed by atoms with Crippen LogP contribution in [0.3, 0.4) is 0 Å². The molecule has 3 unspecified atom stereocenters. The first-order chi connectivity index (χ1) is 14.6. The van der Waals surface area contributed by atoms with Gasteiger partial charge in [0.15, 0.2) is 9.84 Å². The lowest BCUT2D eigenvalue weighted by Gasteiger charge is -2.35. The van der Waals surface area contributed by atoms with Gasteiger partial charge in [0.2, 0.25) is 5.91 Å². The quantitative estimate of drug-likeness (QED) is 0.737. The Balaban J connectivity index is 1.46. The number of hydrogen-bond donors (Lipinski definition) is 1. The van der Waals surface area contributed by atoms with Gasteiger partial charge in [-0.15, -0.1) is 0 Å². The summed E-state index contributed by atoms with van der Waals surface area (Å²) >= 11 is 0. The number of sulfone groups is 1. The second-order valence-electron chi connectivity index (χ2n) is 8.66. The summed E-state index contributed by atoms with van der Waals surface area (Å²) in [7, 11) is -3.24. The Bertz CT molecular complexity index is 918. The van der Waals surface area contributed by atoms with E-state index in [1.54, 1.807) is 0 Å². The summed E-state index contributed by atoms with van der Waals surface area (Å²) in [5, 5.41) is 2.92. The predicted octanol–water partition coefficient (Wildman–Crippen LogP) is 1.69. The van der Waals surface area contributed by atoms with E-state index < -0.39 is 33.5 Å². The van der Waals surface area contributed by atoms with Crippen LogP contribution in [0.1, 0.15) is 31.2 Å². The average molecular weight is 461 g/mol. The van der Waals surface area contributed by atoms with Gasteiger partial charge in [-0.2, -0.15) is 13.2 Å². The van der Waals surface area contributed by atoms with Crippen LogP contribution in [0.25, 0.3) is 0 Å². The molecule has 4 heterocycles. The van der Waals surface area contributed by atoms with Crippen LogP contribution in [0, 0.1) is 5.92 Å². The summed E-state index contributed by atoms with van der Waals surface area (Å²) in [6.07, 6.45) is -0.0755. The summed E-state index contributed by atoms with van der Waals surface area (Å²) < 4.78 is 64.6. The number of pyridine rings is 1. The number of likely N-dealkylation sites (tertiary alicyclic amines) is 1. The van der Waals surface area contributed by atoms with Crippen molar-refractivity contribution < 1.29 is 26.4 Å². The van der Waals surface area contributed by atoms with Crippen molar-refractivity contribution in [3.63, 3.8) is 0 Å². The molecule has 1 amide bonds. The zero-order valence-electron chi connectivity index (χ0n) is 17.1. The number of aromatic nitrogens is 1. The number of anilines is 1. The van der Waals surface area contributed by atoms with E-state index in [4.69, 9.17) is 0 Å². The first kappa shape index (κ1) is 22.3. The van der Waals surface area contributed by atoms with Gasteiger partial charge >= 0.3 is 6.18 Å². The first-order valence-corrected chi connectivity index (χ1v) is 12.5. The van der Waals surface area contributed by atoms with Gasteiger partial charge in [0, 0.05) is 25.3 Å². The number of carbonyl (C=O) groups excluding carboxylic acids is 1. The van der Waals surface area contributed by atoms with E-state index in [1.165, 1.54) is 17.2 Å². The monoisotopic (exact) mass is 460 g/mol. The van der Waals surface area contributed by atoms with Crippen molar-refractivity contribution in [1.29, 1.82) is 0 Å². The van der Waals surface area contributed by atoms with E-state index >= 15 is 0 Å². The van der Waals surface area contributed by atoms with Crippen LogP contribution >= 0.6 is 0 Å². The molecule has 1 N–H and O–H groups in total. The molecule has 0 bridgehead atoms. The topological polar surface area (TPSA) is 82.6 Å². The Labute approximate surface area is 179 Å². The van der Waals surface area contributed by atoms with Crippen LogP contribution in [-0.4, -0.2) is 74.0 Å². The number of hydrogen-bond acceptors (Lipinski definition) is 6. The lowest BCUT2D eigenvalue weighted by Crippen LogP contribution is -2.53. The van der Waals surface area contributed by atoms with Crippen molar-refractivity contribution in [3.05, 3.63) is 23.9 Å². The fourth-order valence-corrected chi connectivity index (χ4v) is 6.91. The molecule has 31 heavy (non-hydrogen) atoms. The van der Waals surface area contributed by atoms with Crippen molar-refractivity contribution in [2.45, 2.75) is 43.9 Å². The highest BCUT2D eigenvalue weighted by molar-refractivity contribution is 7.91. The molecule has 0 aromatic carbocycles. The van der Waals surface area contributed by atoms with Gasteiger partial charge < -0.3 is 10.2 Å². The van der Waals surface area contributed by atoms with Crippen LogP contribution in [-0.2, 0) is 20.8 Å². The molecule has 0 aliphatic carbocycles. The molecule has 7 nitrogen and oxygen atoms in total. The maximum atomic E-state index is 13.4. The first-order valence-electron chi connectivity index (χ1n) is 10.7. The zero-order chi connectivity index (χ0) is 22.2. The van der Waals surface area contributed by atoms with Crippen molar-refractivity contribution in [1.82, 2.24) is 15.2 Å². The van der Waals surface area contributed by atoms with Gasteiger partial charge in [-0.3, -0.25) is 9.69 Å². The summed E-state index contributed by atoms with van der Waals surface area (Å²) in [6, 6.07) is 1.53. The van der Waals surface area contributed by atoms with E-state index in [9.17, 15) is 26.4 Å². The van der Waals surface area contributed by atoms with Gasteiger partial charge in [0.1, 0.15) is 5.82 Å². The van der Waals surface area contributed by atoms with Gasteiger partial charge in [-0.05, 0) is 50.9 Å². The third kappa shape index (κ3) is 4.97. The van der Waals surface area contributed by atoms with Crippen molar-refractivity contribution in [2.75, 3.05) is 42.6 Å². The van der Waals surface area contributed by atoms with E-state index in [0.29, 0.717) is 19.4 Å². The summed E-state index contributed by atoms with van der Waals surface area (Å²) in [5.74, 6) is -1.02. The number of amides is 1. The van der Waals surface area contributed by atoms with Crippen molar-refractivity contribution in [3.8, 4) is 0 Å². The standard InChI is InChI=1S/C20H27F3N4O3S/c21-20(22,23)15-6-3-7-24-18(15)27-10-4-5-14(11-27)19(28)25-16-12-31(29,30)13-17(16)26-8-1-2-9-26/h3,6-7,14,16-17H,1-2,4-5,8-13H2,(H,25,28). The van der Waals surface area contributed by atoms with E-state index in [1.807, 2.05) is 0 Å². The normalized spacial score (nSPS) is 29.3. The Morgan fingerprint density at radius 1 is 1.13 bits per heavy atom. The Morgan fingerprint density at radius 2 is 1.87 bits per heavy atom. The fraction of sp³-hybridized carbons (Fsp3) is 0.700. The molecular formula is C20H27F3N4O3S. The minimum Gasteiger partial charge on any atom is -0.355 e. The second kappa shape index (κ2) is 8.57. The van der Waals surface area contributed by atoms with Crippen molar-refractivity contribution in [2.24, 2.45) is 5.92 Å². The van der Waals surface area contributed by atoms with Crippen LogP contribution in [0.4, 0.5) is 19.0 Å². The lowest BCUT2D eigenvalue weighted by atomic mass is 9.96. The van der Waals surface area contributed by atoms with Gasteiger partial charge in [-0.1, -0.05) is 0 Å². The number of nitrogens with zero attached hydrogens (tertiary/aromatic N) is 3. The number of nitrogens with one attached hydrogen (secondary N) is 1. The summed E-state index contributed by atoms with van der Waals surface area (Å²) in [6.45, 7) is 2.16. The maximum Gasteiger partial charge on any atom is 0.419 e. The molecule has 3 fully saturated rings. The number of piperidine rings is 1. The Kier molecular flexibility index (Phi) is 6.17. The molecule has 1 aromatic heterocycles. The molecule has 3 saturated heterocycles. The van der Waals surface area contributed by atoms with Gasteiger partial charge in [0.25, 0.3) is 0 Å². The van der Waals surface area contributed by atoms with E-state index in [0.717, 1.165) is 32.0 Å². The fourth-order valence-electron chi connectivity index (χ4n) is 4.95. The van der Waals surface area contributed by atoms with Crippen molar-refractivity contribution >= 4 is 21.6 Å². The molecule has 0 radical (unpaired) electrons. The Morgan fingerprint density at radius 3 is 2.58 bits per heavy atom. The molecule has 1 aromatic rings. The van der Waals surface area contributed by atoms with Crippen LogP contribution in [0.15, 0.2) is 18.3 Å². The Hall–Kier alpha value is -1.88.